The zero-order chi connectivity index (χ0) is 12.7. The standard InChI is InChI=1S/C15H19NO2/c1-9-5-13(18-2)3-4-14(9)16-15(17)12-7-10-6-11(10)8-12/h3-5,10-12H,6-8H2,1-2H3,(H,16,17). The maximum atomic E-state index is 12.1. The average Bonchev–Trinajstić information content (AvgIpc) is 2.98. The van der Waals surface area contributed by atoms with Crippen LogP contribution in [0.2, 0.25) is 0 Å². The molecule has 3 heteroatoms. The number of carbonyl (C=O) groups excluding carboxylic acids is 1. The molecule has 2 atom stereocenters. The number of aryl methyl sites for hydroxylation is 1. The molecule has 2 unspecified atom stereocenters. The van der Waals surface area contributed by atoms with Crippen LogP contribution >= 0.6 is 0 Å². The number of methoxy groups -OCH3 is 1. The summed E-state index contributed by atoms with van der Waals surface area (Å²) in [7, 11) is 1.65. The predicted molar refractivity (Wildman–Crippen MR) is 70.7 cm³/mol. The number of amides is 1. The van der Waals surface area contributed by atoms with Crippen molar-refractivity contribution in [1.29, 1.82) is 0 Å². The Bertz CT molecular complexity index is 473. The second-order valence-electron chi connectivity index (χ2n) is 5.59. The number of ether oxygens (including phenoxy) is 1. The monoisotopic (exact) mass is 245 g/mol. The van der Waals surface area contributed by atoms with Gasteiger partial charge in [-0.2, -0.15) is 0 Å². The summed E-state index contributed by atoms with van der Waals surface area (Å²) in [5.41, 5.74) is 1.95. The van der Waals surface area contributed by atoms with Gasteiger partial charge in [0.1, 0.15) is 5.75 Å². The molecule has 0 heterocycles. The molecule has 2 aliphatic carbocycles. The van der Waals surface area contributed by atoms with Gasteiger partial charge in [-0.25, -0.2) is 0 Å². The van der Waals surface area contributed by atoms with Crippen LogP contribution in [0.1, 0.15) is 24.8 Å². The van der Waals surface area contributed by atoms with Crippen LogP contribution in [0.5, 0.6) is 5.75 Å². The van der Waals surface area contributed by atoms with E-state index in [2.05, 4.69) is 5.32 Å². The van der Waals surface area contributed by atoms with E-state index in [0.717, 1.165) is 41.7 Å². The largest absolute Gasteiger partial charge is 0.497 e. The zero-order valence-electron chi connectivity index (χ0n) is 10.9. The van der Waals surface area contributed by atoms with Crippen LogP contribution in [-0.4, -0.2) is 13.0 Å². The smallest absolute Gasteiger partial charge is 0.227 e. The molecule has 2 aliphatic rings. The Morgan fingerprint density at radius 3 is 2.61 bits per heavy atom. The van der Waals surface area contributed by atoms with Crippen molar-refractivity contribution in [3.8, 4) is 5.75 Å². The first kappa shape index (κ1) is 11.6. The van der Waals surface area contributed by atoms with Crippen molar-refractivity contribution in [3.05, 3.63) is 23.8 Å². The van der Waals surface area contributed by atoms with E-state index in [-0.39, 0.29) is 11.8 Å². The molecule has 0 radical (unpaired) electrons. The third-order valence-electron chi connectivity index (χ3n) is 4.31. The Morgan fingerprint density at radius 2 is 2.00 bits per heavy atom. The Hall–Kier alpha value is -1.51. The summed E-state index contributed by atoms with van der Waals surface area (Å²) in [4.78, 5) is 12.1. The molecule has 0 aliphatic heterocycles. The SMILES string of the molecule is COc1ccc(NC(=O)C2CC3CC3C2)c(C)c1. The van der Waals surface area contributed by atoms with E-state index < -0.39 is 0 Å². The van der Waals surface area contributed by atoms with Crippen molar-refractivity contribution in [3.63, 3.8) is 0 Å². The highest BCUT2D eigenvalue weighted by molar-refractivity contribution is 5.93. The Balaban J connectivity index is 1.66. The van der Waals surface area contributed by atoms with Crippen molar-refractivity contribution in [1.82, 2.24) is 0 Å². The van der Waals surface area contributed by atoms with Gasteiger partial charge in [-0.15, -0.1) is 0 Å². The van der Waals surface area contributed by atoms with Crippen LogP contribution in [0.3, 0.4) is 0 Å². The topological polar surface area (TPSA) is 38.3 Å². The first-order valence-corrected chi connectivity index (χ1v) is 6.63. The van der Waals surface area contributed by atoms with Crippen LogP contribution in [0.15, 0.2) is 18.2 Å². The maximum absolute atomic E-state index is 12.1. The molecule has 0 spiro atoms. The van der Waals surface area contributed by atoms with Gasteiger partial charge in [-0.05, 0) is 61.8 Å². The lowest BCUT2D eigenvalue weighted by molar-refractivity contribution is -0.120. The van der Waals surface area contributed by atoms with E-state index in [1.54, 1.807) is 7.11 Å². The first-order chi connectivity index (χ1) is 8.67. The molecule has 1 aromatic rings. The molecular weight excluding hydrogens is 226 g/mol. The number of fused-ring (bicyclic) bond motifs is 1. The molecule has 2 fully saturated rings. The van der Waals surface area contributed by atoms with Crippen molar-refractivity contribution in [2.75, 3.05) is 12.4 Å². The molecule has 3 nitrogen and oxygen atoms in total. The maximum Gasteiger partial charge on any atom is 0.227 e. The summed E-state index contributed by atoms with van der Waals surface area (Å²) in [6.07, 6.45) is 3.53. The van der Waals surface area contributed by atoms with Gasteiger partial charge in [0.15, 0.2) is 0 Å². The molecular formula is C15H19NO2. The lowest BCUT2D eigenvalue weighted by Gasteiger charge is -2.14. The lowest BCUT2D eigenvalue weighted by atomic mass is 10.0. The number of carbonyl (C=O) groups is 1. The normalized spacial score (nSPS) is 28.7. The van der Waals surface area contributed by atoms with Gasteiger partial charge in [0.2, 0.25) is 5.91 Å². The van der Waals surface area contributed by atoms with Gasteiger partial charge >= 0.3 is 0 Å². The predicted octanol–water partition coefficient (Wildman–Crippen LogP) is 2.99. The summed E-state index contributed by atoms with van der Waals surface area (Å²) in [6, 6.07) is 5.75. The fourth-order valence-electron chi connectivity index (χ4n) is 3.07. The van der Waals surface area contributed by atoms with Crippen molar-refractivity contribution < 1.29 is 9.53 Å². The van der Waals surface area contributed by atoms with Crippen LogP contribution in [0.4, 0.5) is 5.69 Å². The van der Waals surface area contributed by atoms with Crippen LogP contribution in [-0.2, 0) is 4.79 Å². The van der Waals surface area contributed by atoms with E-state index >= 15 is 0 Å². The van der Waals surface area contributed by atoms with E-state index in [0.29, 0.717) is 0 Å². The molecule has 1 N–H and O–H groups in total. The fourth-order valence-corrected chi connectivity index (χ4v) is 3.07. The van der Waals surface area contributed by atoms with Gasteiger partial charge in [0.05, 0.1) is 7.11 Å². The van der Waals surface area contributed by atoms with Gasteiger partial charge in [-0.3, -0.25) is 4.79 Å². The minimum absolute atomic E-state index is 0.190. The molecule has 1 aromatic carbocycles. The van der Waals surface area contributed by atoms with Gasteiger partial charge in [0.25, 0.3) is 0 Å². The molecule has 18 heavy (non-hydrogen) atoms. The van der Waals surface area contributed by atoms with E-state index in [1.165, 1.54) is 6.42 Å². The second-order valence-corrected chi connectivity index (χ2v) is 5.59. The van der Waals surface area contributed by atoms with Gasteiger partial charge < -0.3 is 10.1 Å². The highest BCUT2D eigenvalue weighted by Gasteiger charge is 2.47. The van der Waals surface area contributed by atoms with Crippen LogP contribution < -0.4 is 10.1 Å². The lowest BCUT2D eigenvalue weighted by Crippen LogP contribution is -2.22. The number of anilines is 1. The molecule has 2 saturated carbocycles. The van der Waals surface area contributed by atoms with Crippen molar-refractivity contribution >= 4 is 11.6 Å². The van der Waals surface area contributed by atoms with E-state index in [9.17, 15) is 4.79 Å². The minimum atomic E-state index is 0.190. The summed E-state index contributed by atoms with van der Waals surface area (Å²) in [6.45, 7) is 1.99. The third-order valence-corrected chi connectivity index (χ3v) is 4.31. The summed E-state index contributed by atoms with van der Waals surface area (Å²) in [5, 5.41) is 3.05. The summed E-state index contributed by atoms with van der Waals surface area (Å²) < 4.78 is 5.16. The molecule has 0 aromatic heterocycles. The molecule has 0 bridgehead atoms. The third kappa shape index (κ3) is 2.09. The minimum Gasteiger partial charge on any atom is -0.497 e. The molecule has 3 rings (SSSR count). The van der Waals surface area contributed by atoms with Gasteiger partial charge in [0, 0.05) is 11.6 Å². The highest BCUT2D eigenvalue weighted by Crippen LogP contribution is 2.54. The van der Waals surface area contributed by atoms with E-state index in [4.69, 9.17) is 4.74 Å². The number of benzene rings is 1. The average molecular weight is 245 g/mol. The Kier molecular flexibility index (Phi) is 2.77. The first-order valence-electron chi connectivity index (χ1n) is 6.63. The quantitative estimate of drug-likeness (QED) is 0.889. The Labute approximate surface area is 108 Å². The van der Waals surface area contributed by atoms with Crippen molar-refractivity contribution in [2.45, 2.75) is 26.2 Å². The summed E-state index contributed by atoms with van der Waals surface area (Å²) >= 11 is 0. The Morgan fingerprint density at radius 1 is 1.28 bits per heavy atom. The van der Waals surface area contributed by atoms with Crippen LogP contribution in [0, 0.1) is 24.7 Å². The molecule has 0 saturated heterocycles. The summed E-state index contributed by atoms with van der Waals surface area (Å²) in [5.74, 6) is 2.94. The van der Waals surface area contributed by atoms with Gasteiger partial charge in [-0.1, -0.05) is 0 Å². The number of hydrogen-bond donors (Lipinski definition) is 1. The van der Waals surface area contributed by atoms with E-state index in [1.807, 2.05) is 25.1 Å². The zero-order valence-corrected chi connectivity index (χ0v) is 10.9. The molecule has 1 amide bonds. The number of hydrogen-bond acceptors (Lipinski definition) is 2. The van der Waals surface area contributed by atoms with Crippen LogP contribution in [0.25, 0.3) is 0 Å². The number of nitrogens with one attached hydrogen (secondary N) is 1. The van der Waals surface area contributed by atoms with Crippen molar-refractivity contribution in [2.24, 2.45) is 17.8 Å². The highest BCUT2D eigenvalue weighted by atomic mass is 16.5. The fraction of sp³-hybridized carbons (Fsp3) is 0.533. The second kappa shape index (κ2) is 4.30. The molecule has 96 valence electrons. The number of rotatable bonds is 3.